The van der Waals surface area contributed by atoms with E-state index in [1.54, 1.807) is 53.8 Å². The third kappa shape index (κ3) is 3.60. The predicted octanol–water partition coefficient (Wildman–Crippen LogP) is 4.29. The zero-order valence-corrected chi connectivity index (χ0v) is 17.9. The molecule has 1 N–H and O–H groups in total. The van der Waals surface area contributed by atoms with Gasteiger partial charge in [-0.05, 0) is 56.1 Å². The highest BCUT2D eigenvalue weighted by Gasteiger charge is 2.29. The molecule has 0 radical (unpaired) electrons. The summed E-state index contributed by atoms with van der Waals surface area (Å²) in [5.74, 6) is -0.534. The van der Waals surface area contributed by atoms with Gasteiger partial charge in [0.25, 0.3) is 0 Å². The summed E-state index contributed by atoms with van der Waals surface area (Å²) in [6.45, 7) is 4.60. The number of ketones is 2. The Balaban J connectivity index is 1.52. The first-order valence-electron chi connectivity index (χ1n) is 9.73. The van der Waals surface area contributed by atoms with E-state index in [0.717, 1.165) is 0 Å². The number of nitrogens with one attached hydrogen (secondary N) is 1. The summed E-state index contributed by atoms with van der Waals surface area (Å²) in [5, 5.41) is 4.93. The molecule has 0 aliphatic heterocycles. The Bertz CT molecular complexity index is 1160. The summed E-state index contributed by atoms with van der Waals surface area (Å²) >= 11 is 1.68. The average Bonchev–Trinajstić information content (AvgIpc) is 3.15. The molecule has 2 aromatic carbocycles. The van der Waals surface area contributed by atoms with E-state index >= 15 is 0 Å². The van der Waals surface area contributed by atoms with E-state index in [4.69, 9.17) is 0 Å². The van der Waals surface area contributed by atoms with Gasteiger partial charge in [0.05, 0.1) is 6.04 Å². The topological polar surface area (TPSA) is 66.5 Å². The molecule has 1 heterocycles. The van der Waals surface area contributed by atoms with Crippen LogP contribution in [0.15, 0.2) is 53.9 Å². The van der Waals surface area contributed by atoms with E-state index in [-0.39, 0.29) is 23.5 Å². The maximum absolute atomic E-state index is 12.9. The van der Waals surface area contributed by atoms with Gasteiger partial charge in [-0.25, -0.2) is 0 Å². The van der Waals surface area contributed by atoms with Gasteiger partial charge in [0.2, 0.25) is 5.91 Å². The molecular formula is C24H22N2O3S. The number of hydrogen-bond acceptors (Lipinski definition) is 5. The molecule has 0 saturated heterocycles. The molecule has 0 unspecified atom stereocenters. The number of benzene rings is 2. The van der Waals surface area contributed by atoms with Crippen molar-refractivity contribution in [2.24, 2.45) is 0 Å². The highest BCUT2D eigenvalue weighted by molar-refractivity contribution is 7.10. The molecule has 0 saturated carbocycles. The number of carbonyl (C=O) groups is 3. The van der Waals surface area contributed by atoms with E-state index in [9.17, 15) is 14.4 Å². The monoisotopic (exact) mass is 418 g/mol. The van der Waals surface area contributed by atoms with Crippen LogP contribution in [0.1, 0.15) is 49.2 Å². The van der Waals surface area contributed by atoms with Crippen molar-refractivity contribution in [2.75, 3.05) is 12.4 Å². The second-order valence-electron chi connectivity index (χ2n) is 7.57. The van der Waals surface area contributed by atoms with Gasteiger partial charge in [0.15, 0.2) is 11.6 Å². The van der Waals surface area contributed by atoms with Crippen LogP contribution in [0.2, 0.25) is 0 Å². The van der Waals surface area contributed by atoms with E-state index in [1.807, 2.05) is 24.3 Å². The number of likely N-dealkylation sites (N-methyl/N-ethyl adjacent to an activating group) is 1. The standard InChI is InChI=1S/C24H22N2O3S/c1-14-10-11-30-21(14)13-26(3)15(2)24(29)25-16-8-9-19-20(12-16)23(28)18-7-5-4-6-17(18)22(19)27/h4-12,15H,13H2,1-3H3,(H,25,29)/t15-/m0/s1. The molecular weight excluding hydrogens is 396 g/mol. The third-order valence-electron chi connectivity index (χ3n) is 5.59. The number of nitrogens with zero attached hydrogens (tertiary/aromatic N) is 1. The Kier molecular flexibility index (Phi) is 5.37. The minimum Gasteiger partial charge on any atom is -0.325 e. The minimum absolute atomic E-state index is 0.165. The van der Waals surface area contributed by atoms with Gasteiger partial charge in [0.1, 0.15) is 0 Å². The van der Waals surface area contributed by atoms with Crippen molar-refractivity contribution in [3.05, 3.63) is 86.6 Å². The minimum atomic E-state index is -0.361. The van der Waals surface area contributed by atoms with E-state index in [0.29, 0.717) is 34.5 Å². The Labute approximate surface area is 179 Å². The van der Waals surface area contributed by atoms with Gasteiger partial charge in [-0.3, -0.25) is 19.3 Å². The quantitative estimate of drug-likeness (QED) is 0.525. The van der Waals surface area contributed by atoms with Gasteiger partial charge >= 0.3 is 0 Å². The van der Waals surface area contributed by atoms with Gasteiger partial charge in [0, 0.05) is 39.4 Å². The number of rotatable bonds is 5. The number of thiophene rings is 1. The first-order chi connectivity index (χ1) is 14.4. The van der Waals surface area contributed by atoms with Crippen LogP contribution >= 0.6 is 11.3 Å². The van der Waals surface area contributed by atoms with Crippen molar-refractivity contribution >= 4 is 34.5 Å². The van der Waals surface area contributed by atoms with Crippen LogP contribution in [-0.4, -0.2) is 35.5 Å². The largest absolute Gasteiger partial charge is 0.325 e. The molecule has 5 nitrogen and oxygen atoms in total. The Morgan fingerprint density at radius 3 is 2.27 bits per heavy atom. The number of carbonyl (C=O) groups excluding carboxylic acids is 3. The van der Waals surface area contributed by atoms with Gasteiger partial charge in [-0.1, -0.05) is 24.3 Å². The van der Waals surface area contributed by atoms with E-state index in [1.165, 1.54) is 10.4 Å². The molecule has 0 fully saturated rings. The zero-order valence-electron chi connectivity index (χ0n) is 17.1. The molecule has 152 valence electrons. The number of hydrogen-bond donors (Lipinski definition) is 1. The lowest BCUT2D eigenvalue weighted by molar-refractivity contribution is -0.120. The predicted molar refractivity (Wildman–Crippen MR) is 118 cm³/mol. The van der Waals surface area contributed by atoms with Crippen molar-refractivity contribution in [1.29, 1.82) is 0 Å². The summed E-state index contributed by atoms with van der Waals surface area (Å²) in [4.78, 5) is 41.6. The maximum Gasteiger partial charge on any atom is 0.241 e. The lowest BCUT2D eigenvalue weighted by Gasteiger charge is -2.24. The average molecular weight is 419 g/mol. The molecule has 1 aromatic heterocycles. The van der Waals surface area contributed by atoms with Gasteiger partial charge in [-0.2, -0.15) is 0 Å². The summed E-state index contributed by atoms with van der Waals surface area (Å²) in [5.41, 5.74) is 3.25. The summed E-state index contributed by atoms with van der Waals surface area (Å²) < 4.78 is 0. The third-order valence-corrected chi connectivity index (χ3v) is 6.60. The highest BCUT2D eigenvalue weighted by Crippen LogP contribution is 2.29. The lowest BCUT2D eigenvalue weighted by atomic mass is 9.84. The highest BCUT2D eigenvalue weighted by atomic mass is 32.1. The molecule has 4 rings (SSSR count). The van der Waals surface area contributed by atoms with Crippen LogP contribution < -0.4 is 5.32 Å². The first-order valence-corrected chi connectivity index (χ1v) is 10.6. The molecule has 30 heavy (non-hydrogen) atoms. The van der Waals surface area contributed by atoms with Crippen LogP contribution in [0.3, 0.4) is 0 Å². The van der Waals surface area contributed by atoms with Crippen molar-refractivity contribution in [2.45, 2.75) is 26.4 Å². The van der Waals surface area contributed by atoms with Crippen molar-refractivity contribution in [1.82, 2.24) is 4.90 Å². The van der Waals surface area contributed by atoms with Crippen LogP contribution in [0.25, 0.3) is 0 Å². The number of fused-ring (bicyclic) bond motifs is 2. The normalized spacial score (nSPS) is 13.7. The Hall–Kier alpha value is -3.09. The fourth-order valence-corrected chi connectivity index (χ4v) is 4.52. The number of aryl methyl sites for hydroxylation is 1. The van der Waals surface area contributed by atoms with Crippen molar-refractivity contribution in [3.63, 3.8) is 0 Å². The first kappa shape index (κ1) is 20.2. The van der Waals surface area contributed by atoms with Crippen LogP contribution in [0.5, 0.6) is 0 Å². The fraction of sp³-hybridized carbons (Fsp3) is 0.208. The number of anilines is 1. The van der Waals surface area contributed by atoms with Crippen molar-refractivity contribution in [3.8, 4) is 0 Å². The fourth-order valence-electron chi connectivity index (χ4n) is 3.55. The maximum atomic E-state index is 12.9. The molecule has 1 aliphatic rings. The van der Waals surface area contributed by atoms with Crippen LogP contribution in [-0.2, 0) is 11.3 Å². The lowest BCUT2D eigenvalue weighted by Crippen LogP contribution is -2.39. The second kappa shape index (κ2) is 7.97. The van der Waals surface area contributed by atoms with E-state index in [2.05, 4.69) is 18.3 Å². The Morgan fingerprint density at radius 1 is 1.00 bits per heavy atom. The molecule has 0 bridgehead atoms. The van der Waals surface area contributed by atoms with Crippen LogP contribution in [0.4, 0.5) is 5.69 Å². The summed E-state index contributed by atoms with van der Waals surface area (Å²) in [6, 6.07) is 13.4. The Morgan fingerprint density at radius 2 is 1.63 bits per heavy atom. The van der Waals surface area contributed by atoms with Gasteiger partial charge < -0.3 is 5.32 Å². The number of amides is 1. The SMILES string of the molecule is Cc1ccsc1CN(C)[C@@H](C)C(=O)Nc1ccc2c(c1)C(=O)c1ccccc1C2=O. The van der Waals surface area contributed by atoms with Gasteiger partial charge in [-0.15, -0.1) is 11.3 Å². The molecule has 0 spiro atoms. The summed E-state index contributed by atoms with van der Waals surface area (Å²) in [7, 11) is 1.91. The molecule has 6 heteroatoms. The molecule has 1 atom stereocenters. The van der Waals surface area contributed by atoms with Crippen LogP contribution in [0, 0.1) is 6.92 Å². The second-order valence-corrected chi connectivity index (χ2v) is 8.57. The molecule has 3 aromatic rings. The summed E-state index contributed by atoms with van der Waals surface area (Å²) in [6.07, 6.45) is 0. The smallest absolute Gasteiger partial charge is 0.241 e. The van der Waals surface area contributed by atoms with E-state index < -0.39 is 0 Å². The molecule has 1 amide bonds. The van der Waals surface area contributed by atoms with Crippen molar-refractivity contribution < 1.29 is 14.4 Å². The zero-order chi connectivity index (χ0) is 21.4. The molecule has 1 aliphatic carbocycles.